The first-order chi connectivity index (χ1) is 24.1. The van der Waals surface area contributed by atoms with Gasteiger partial charge in [0.05, 0.1) is 11.2 Å². The molecule has 1 N–H and O–H groups in total. The van der Waals surface area contributed by atoms with Gasteiger partial charge in [0.2, 0.25) is 0 Å². The quantitative estimate of drug-likeness (QED) is 0.117. The molecule has 7 rings (SSSR count). The molecule has 50 heavy (non-hydrogen) atoms. The molecule has 2 aliphatic heterocycles. The summed E-state index contributed by atoms with van der Waals surface area (Å²) in [5.41, 5.74) is 5.71. The van der Waals surface area contributed by atoms with Gasteiger partial charge >= 0.3 is 12.1 Å². The summed E-state index contributed by atoms with van der Waals surface area (Å²) < 4.78 is 14.1. The van der Waals surface area contributed by atoms with Crippen molar-refractivity contribution >= 4 is 47.6 Å². The third-order valence-corrected chi connectivity index (χ3v) is 11.5. The number of hydrogen-bond donors (Lipinski definition) is 1. The molecule has 1 fully saturated rings. The summed E-state index contributed by atoms with van der Waals surface area (Å²) in [5, 5.41) is 10.9. The Balaban J connectivity index is 1.06. The fourth-order valence-electron chi connectivity index (χ4n) is 6.93. The zero-order valence-corrected chi connectivity index (χ0v) is 30.4. The summed E-state index contributed by atoms with van der Waals surface area (Å²) in [4.78, 5) is 35.1. The Morgan fingerprint density at radius 3 is 2.56 bits per heavy atom. The van der Waals surface area contributed by atoms with E-state index in [0.29, 0.717) is 51.3 Å². The molecule has 5 aromatic rings. The van der Waals surface area contributed by atoms with Crippen molar-refractivity contribution in [3.05, 3.63) is 102 Å². The molecule has 1 unspecified atom stereocenters. The van der Waals surface area contributed by atoms with E-state index in [9.17, 15) is 9.59 Å². The van der Waals surface area contributed by atoms with Crippen molar-refractivity contribution in [2.24, 2.45) is 0 Å². The molecule has 4 heterocycles. The zero-order valence-electron chi connectivity index (χ0n) is 29.4. The maximum Gasteiger partial charge on any atom is 0.410 e. The molecule has 1 atom stereocenters. The number of hydrogen-bond acceptors (Lipinski definition) is 6. The van der Waals surface area contributed by atoms with Crippen LogP contribution in [0.1, 0.15) is 41.3 Å². The van der Waals surface area contributed by atoms with Crippen LogP contribution in [0.25, 0.3) is 21.7 Å². The molecule has 3 aromatic carbocycles. The van der Waals surface area contributed by atoms with Crippen LogP contribution in [0.4, 0.5) is 15.3 Å². The topological polar surface area (TPSA) is 102 Å². The standard InChI is InChI=1S/C39H46N6O4Si/c1-27-19-28(20-32-24-44(42-37(27)32)26-48-17-18-50(2,3)4)21-36(35-22-29-9-5-6-10-30(29)23-40-35)49-39(47)43-15-13-33(14-16-43)45-25-31-11-7-8-12-34(31)41-38(45)46/h5-12,19-20,22-24,33,36H,13-18,21,25-26H2,1-4H3,(H,41,46). The first-order valence-corrected chi connectivity index (χ1v) is 21.3. The monoisotopic (exact) mass is 690 g/mol. The van der Waals surface area contributed by atoms with E-state index < -0.39 is 14.2 Å². The zero-order chi connectivity index (χ0) is 34.8. The largest absolute Gasteiger partial charge is 0.439 e. The lowest BCUT2D eigenvalue weighted by molar-refractivity contribution is 0.0464. The predicted molar refractivity (Wildman–Crippen MR) is 199 cm³/mol. The molecule has 1 saturated heterocycles. The van der Waals surface area contributed by atoms with E-state index in [1.54, 1.807) is 4.90 Å². The number of aromatic nitrogens is 3. The van der Waals surface area contributed by atoms with Gasteiger partial charge in [-0.1, -0.05) is 68.2 Å². The number of likely N-dealkylation sites (tertiary alicyclic amines) is 1. The molecule has 0 spiro atoms. The summed E-state index contributed by atoms with van der Waals surface area (Å²) in [6.07, 6.45) is 4.76. The second-order valence-corrected chi connectivity index (χ2v) is 20.5. The molecule has 0 aliphatic carbocycles. The van der Waals surface area contributed by atoms with Crippen LogP contribution in [0.2, 0.25) is 25.7 Å². The van der Waals surface area contributed by atoms with Gasteiger partial charge in [-0.05, 0) is 66.1 Å². The summed E-state index contributed by atoms with van der Waals surface area (Å²) in [7, 11) is -1.16. The fourth-order valence-corrected chi connectivity index (χ4v) is 7.68. The molecule has 0 saturated carbocycles. The van der Waals surface area contributed by atoms with Crippen LogP contribution < -0.4 is 5.32 Å². The molecule has 2 aliphatic rings. The first kappa shape index (κ1) is 33.7. The Bertz CT molecular complexity index is 2020. The Morgan fingerprint density at radius 2 is 1.76 bits per heavy atom. The van der Waals surface area contributed by atoms with Gasteiger partial charge in [0.15, 0.2) is 0 Å². The summed E-state index contributed by atoms with van der Waals surface area (Å²) >= 11 is 0. The van der Waals surface area contributed by atoms with Gasteiger partial charge in [-0.3, -0.25) is 4.98 Å². The highest BCUT2D eigenvalue weighted by Crippen LogP contribution is 2.31. The smallest absolute Gasteiger partial charge is 0.410 e. The Labute approximate surface area is 294 Å². The van der Waals surface area contributed by atoms with E-state index in [0.717, 1.165) is 56.7 Å². The molecule has 3 amide bonds. The lowest BCUT2D eigenvalue weighted by Crippen LogP contribution is -2.51. The van der Waals surface area contributed by atoms with E-state index in [1.165, 1.54) is 0 Å². The average Bonchev–Trinajstić information content (AvgIpc) is 3.52. The van der Waals surface area contributed by atoms with Crippen molar-refractivity contribution in [3.8, 4) is 0 Å². The third-order valence-electron chi connectivity index (χ3n) is 9.80. The van der Waals surface area contributed by atoms with Gasteiger partial charge in [-0.15, -0.1) is 0 Å². The van der Waals surface area contributed by atoms with Gasteiger partial charge in [-0.25, -0.2) is 14.3 Å². The number of rotatable bonds is 10. The van der Waals surface area contributed by atoms with E-state index in [2.05, 4.69) is 50.1 Å². The first-order valence-electron chi connectivity index (χ1n) is 17.6. The minimum Gasteiger partial charge on any atom is -0.439 e. The molecule has 11 heteroatoms. The number of anilines is 1. The van der Waals surface area contributed by atoms with Crippen LogP contribution in [0.15, 0.2) is 79.1 Å². The van der Waals surface area contributed by atoms with E-state index >= 15 is 0 Å². The van der Waals surface area contributed by atoms with Crippen molar-refractivity contribution in [1.82, 2.24) is 24.6 Å². The van der Waals surface area contributed by atoms with Crippen LogP contribution in [-0.2, 0) is 29.2 Å². The predicted octanol–water partition coefficient (Wildman–Crippen LogP) is 8.14. The number of amides is 3. The minimum atomic E-state index is -1.16. The molecule has 0 radical (unpaired) electrons. The number of para-hydroxylation sites is 1. The number of piperidine rings is 1. The van der Waals surface area contributed by atoms with Crippen molar-refractivity contribution < 1.29 is 19.1 Å². The van der Waals surface area contributed by atoms with Crippen molar-refractivity contribution in [2.75, 3.05) is 25.0 Å². The Kier molecular flexibility index (Phi) is 9.61. The maximum atomic E-state index is 13.8. The number of pyridine rings is 1. The number of urea groups is 1. The van der Waals surface area contributed by atoms with Crippen molar-refractivity contribution in [1.29, 1.82) is 0 Å². The molecular formula is C39H46N6O4Si. The van der Waals surface area contributed by atoms with Crippen LogP contribution in [-0.4, -0.2) is 70.5 Å². The second-order valence-electron chi connectivity index (χ2n) is 14.8. The van der Waals surface area contributed by atoms with Gasteiger partial charge in [0.1, 0.15) is 12.8 Å². The lowest BCUT2D eigenvalue weighted by Gasteiger charge is -2.40. The highest BCUT2D eigenvalue weighted by atomic mass is 28.3. The second kappa shape index (κ2) is 14.2. The Hall–Kier alpha value is -4.74. The molecule has 0 bridgehead atoms. The molecule has 260 valence electrons. The number of nitrogens with one attached hydrogen (secondary N) is 1. The maximum absolute atomic E-state index is 13.8. The Morgan fingerprint density at radius 1 is 1.00 bits per heavy atom. The normalized spacial score (nSPS) is 16.0. The SMILES string of the molecule is Cc1cc(CC(OC(=O)N2CCC(N3Cc4ccccc4NC3=O)CC2)c2cc3ccccc3cn2)cc2cn(COCC[Si](C)(C)C)nc12. The average molecular weight is 691 g/mol. The highest BCUT2D eigenvalue weighted by molar-refractivity contribution is 6.76. The van der Waals surface area contributed by atoms with E-state index in [-0.39, 0.29) is 18.2 Å². The molecular weight excluding hydrogens is 645 g/mol. The summed E-state index contributed by atoms with van der Waals surface area (Å²) in [6, 6.07) is 23.3. The number of nitrogens with zero attached hydrogens (tertiary/aromatic N) is 5. The number of carbonyl (C=O) groups excluding carboxylic acids is 2. The summed E-state index contributed by atoms with van der Waals surface area (Å²) in [6.45, 7) is 11.9. The van der Waals surface area contributed by atoms with Gasteiger partial charge in [0.25, 0.3) is 0 Å². The van der Waals surface area contributed by atoms with Crippen molar-refractivity contribution in [3.63, 3.8) is 0 Å². The number of fused-ring (bicyclic) bond motifs is 3. The third kappa shape index (κ3) is 7.68. The van der Waals surface area contributed by atoms with Gasteiger partial charge < -0.3 is 24.6 Å². The van der Waals surface area contributed by atoms with Crippen LogP contribution in [0.3, 0.4) is 0 Å². The van der Waals surface area contributed by atoms with Crippen LogP contribution >= 0.6 is 0 Å². The number of carbonyl (C=O) groups is 2. The lowest BCUT2D eigenvalue weighted by atomic mass is 10.00. The van der Waals surface area contributed by atoms with Crippen molar-refractivity contribution in [2.45, 2.75) is 77.3 Å². The molecule has 10 nitrogen and oxygen atoms in total. The van der Waals surface area contributed by atoms with E-state index in [4.69, 9.17) is 19.6 Å². The fraction of sp³-hybridized carbons (Fsp3) is 0.385. The number of benzene rings is 3. The summed E-state index contributed by atoms with van der Waals surface area (Å²) in [5.74, 6) is 0. The number of aryl methyl sites for hydroxylation is 1. The minimum absolute atomic E-state index is 0.0479. The van der Waals surface area contributed by atoms with Gasteiger partial charge in [-0.2, -0.15) is 5.10 Å². The highest BCUT2D eigenvalue weighted by Gasteiger charge is 2.34. The molecule has 2 aromatic heterocycles. The van der Waals surface area contributed by atoms with Gasteiger partial charge in [0, 0.05) is 75.6 Å². The van der Waals surface area contributed by atoms with Crippen LogP contribution in [0, 0.1) is 6.92 Å². The van der Waals surface area contributed by atoms with E-state index in [1.807, 2.05) is 70.5 Å². The number of ether oxygens (including phenoxy) is 2. The van der Waals surface area contributed by atoms with Crippen LogP contribution in [0.5, 0.6) is 0 Å².